The van der Waals surface area contributed by atoms with Gasteiger partial charge in [-0.25, -0.2) is 9.97 Å². The van der Waals surface area contributed by atoms with Crippen molar-refractivity contribution in [2.75, 3.05) is 12.0 Å². The first-order valence-electron chi connectivity index (χ1n) is 4.96. The molecule has 0 fully saturated rings. The van der Waals surface area contributed by atoms with Crippen molar-refractivity contribution in [2.24, 2.45) is 0 Å². The number of thioether (sulfide) groups is 1. The fourth-order valence-electron chi connectivity index (χ4n) is 1.78. The van der Waals surface area contributed by atoms with Crippen molar-refractivity contribution in [1.82, 2.24) is 15.0 Å². The third-order valence-corrected chi connectivity index (χ3v) is 4.27. The zero-order valence-electron chi connectivity index (χ0n) is 9.63. The smallest absolute Gasteiger partial charge is 0.252 e. The van der Waals surface area contributed by atoms with E-state index in [9.17, 15) is 9.90 Å². The number of H-pyrrole nitrogens is 1. The average molecular weight is 317 g/mol. The Morgan fingerprint density at radius 2 is 2.21 bits per heavy atom. The molecular formula is C10H9ClN4O2S2. The van der Waals surface area contributed by atoms with Crippen molar-refractivity contribution < 1.29 is 5.11 Å². The first-order chi connectivity index (χ1) is 8.60. The van der Waals surface area contributed by atoms with Crippen LogP contribution in [-0.2, 0) is 0 Å². The summed E-state index contributed by atoms with van der Waals surface area (Å²) in [5, 5.41) is 11.2. The summed E-state index contributed by atoms with van der Waals surface area (Å²) in [6, 6.07) is 1.15. The number of rotatable bonds is 1. The van der Waals surface area contributed by atoms with Crippen molar-refractivity contribution in [1.29, 1.82) is 0 Å². The van der Waals surface area contributed by atoms with Crippen LogP contribution in [0.5, 0.6) is 5.75 Å². The Balaban J connectivity index is 0.00000133. The molecule has 3 rings (SSSR count). The van der Waals surface area contributed by atoms with E-state index >= 15 is 0 Å². The second-order valence-electron chi connectivity index (χ2n) is 3.60. The van der Waals surface area contributed by atoms with Gasteiger partial charge in [-0.2, -0.15) is 0 Å². The van der Waals surface area contributed by atoms with Crippen molar-refractivity contribution >= 4 is 61.9 Å². The van der Waals surface area contributed by atoms with Gasteiger partial charge >= 0.3 is 0 Å². The number of nitrogen functional groups attached to an aromatic ring is 1. The largest absolute Gasteiger partial charge is 0.506 e. The number of anilines is 1. The van der Waals surface area contributed by atoms with Crippen LogP contribution in [0.4, 0.5) is 5.95 Å². The molecule has 0 aliphatic heterocycles. The van der Waals surface area contributed by atoms with Gasteiger partial charge in [0.2, 0.25) is 5.95 Å². The number of aromatic nitrogens is 3. The minimum Gasteiger partial charge on any atom is -0.506 e. The number of hydrogen-bond donors (Lipinski definition) is 3. The first kappa shape index (κ1) is 13.9. The Labute approximate surface area is 121 Å². The third-order valence-electron chi connectivity index (χ3n) is 2.48. The molecular weight excluding hydrogens is 308 g/mol. The van der Waals surface area contributed by atoms with Crippen molar-refractivity contribution in [2.45, 2.75) is 5.03 Å². The molecule has 9 heteroatoms. The Morgan fingerprint density at radius 3 is 2.89 bits per heavy atom. The normalized spacial score (nSPS) is 10.8. The van der Waals surface area contributed by atoms with E-state index in [2.05, 4.69) is 15.0 Å². The van der Waals surface area contributed by atoms with Crippen LogP contribution in [0.2, 0.25) is 0 Å². The summed E-state index contributed by atoms with van der Waals surface area (Å²) >= 11 is 2.69. The summed E-state index contributed by atoms with van der Waals surface area (Å²) in [5.74, 6) is 0.127. The third kappa shape index (κ3) is 2.11. The van der Waals surface area contributed by atoms with Gasteiger partial charge in [0.1, 0.15) is 15.6 Å². The molecule has 6 nitrogen and oxygen atoms in total. The molecule has 100 valence electrons. The van der Waals surface area contributed by atoms with Crippen LogP contribution in [0.25, 0.3) is 20.4 Å². The lowest BCUT2D eigenvalue weighted by Gasteiger charge is -2.00. The van der Waals surface area contributed by atoms with Gasteiger partial charge in [0.25, 0.3) is 5.56 Å². The molecule has 3 aromatic rings. The summed E-state index contributed by atoms with van der Waals surface area (Å²) in [6.45, 7) is 0. The maximum Gasteiger partial charge on any atom is 0.252 e. The number of nitrogens with two attached hydrogens (primary N) is 1. The molecule has 0 aliphatic rings. The van der Waals surface area contributed by atoms with E-state index in [1.807, 2.05) is 6.26 Å². The maximum atomic E-state index is 11.4. The summed E-state index contributed by atoms with van der Waals surface area (Å²) in [6.07, 6.45) is 1.87. The standard InChI is InChI=1S/C10H8N4O2S2.ClH/c1-17-8-5-6-7(3(15)2-4(16)12-6)18-9(5)14-10(11)13-8;/h2H,1H3,(H2,11,13,14)(H2,12,15,16);1H. The Hall–Kier alpha value is -1.51. The molecule has 3 aromatic heterocycles. The highest BCUT2D eigenvalue weighted by atomic mass is 35.5. The minimum absolute atomic E-state index is 0. The van der Waals surface area contributed by atoms with E-state index in [1.54, 1.807) is 0 Å². The topological polar surface area (TPSA) is 105 Å². The number of nitrogens with zero attached hydrogens (tertiary/aromatic N) is 2. The number of fused-ring (bicyclic) bond motifs is 3. The van der Waals surface area contributed by atoms with Gasteiger partial charge in [-0.15, -0.1) is 35.5 Å². The van der Waals surface area contributed by atoms with Gasteiger partial charge in [-0.3, -0.25) is 4.79 Å². The monoisotopic (exact) mass is 316 g/mol. The molecule has 0 bridgehead atoms. The Kier molecular flexibility index (Phi) is 3.57. The highest BCUT2D eigenvalue weighted by Crippen LogP contribution is 2.39. The quantitative estimate of drug-likeness (QED) is 0.468. The molecule has 4 N–H and O–H groups in total. The summed E-state index contributed by atoms with van der Waals surface area (Å²) < 4.78 is 0.583. The minimum atomic E-state index is -0.358. The van der Waals surface area contributed by atoms with Crippen molar-refractivity contribution in [3.63, 3.8) is 0 Å². The molecule has 0 unspecified atom stereocenters. The van der Waals surface area contributed by atoms with Crippen LogP contribution in [0.1, 0.15) is 0 Å². The van der Waals surface area contributed by atoms with E-state index in [-0.39, 0.29) is 29.7 Å². The van der Waals surface area contributed by atoms with Crippen LogP contribution in [0.15, 0.2) is 15.9 Å². The highest BCUT2D eigenvalue weighted by Gasteiger charge is 2.16. The molecule has 0 aliphatic carbocycles. The van der Waals surface area contributed by atoms with E-state index in [4.69, 9.17) is 5.73 Å². The van der Waals surface area contributed by atoms with E-state index in [1.165, 1.54) is 23.1 Å². The van der Waals surface area contributed by atoms with Gasteiger partial charge in [0.15, 0.2) is 0 Å². The number of thiophene rings is 1. The molecule has 0 aromatic carbocycles. The summed E-state index contributed by atoms with van der Waals surface area (Å²) in [4.78, 5) is 23.1. The number of halogens is 1. The predicted octanol–water partition coefficient (Wildman–Crippen LogP) is 1.96. The number of nitrogens with one attached hydrogen (secondary N) is 1. The molecule has 19 heavy (non-hydrogen) atoms. The van der Waals surface area contributed by atoms with Crippen LogP contribution in [-0.4, -0.2) is 26.3 Å². The van der Waals surface area contributed by atoms with Crippen LogP contribution < -0.4 is 11.3 Å². The lowest BCUT2D eigenvalue weighted by molar-refractivity contribution is 0.481. The SMILES string of the molecule is CSc1nc(N)nc2sc3c(O)cc(=O)[nH]c3c12.Cl. The number of pyridine rings is 1. The molecule has 3 heterocycles. The zero-order valence-corrected chi connectivity index (χ0v) is 12.1. The van der Waals surface area contributed by atoms with Gasteiger partial charge in [-0.1, -0.05) is 0 Å². The average Bonchev–Trinajstić information content (AvgIpc) is 2.66. The Bertz CT molecular complexity index is 830. The lowest BCUT2D eigenvalue weighted by Crippen LogP contribution is -2.02. The molecule has 0 radical (unpaired) electrons. The van der Waals surface area contributed by atoms with Gasteiger partial charge < -0.3 is 15.8 Å². The van der Waals surface area contributed by atoms with Crippen LogP contribution in [0.3, 0.4) is 0 Å². The molecule has 0 amide bonds. The second-order valence-corrected chi connectivity index (χ2v) is 5.39. The number of hydrogen-bond acceptors (Lipinski definition) is 7. The predicted molar refractivity (Wildman–Crippen MR) is 80.6 cm³/mol. The van der Waals surface area contributed by atoms with Crippen molar-refractivity contribution in [3.8, 4) is 5.75 Å². The fourth-order valence-corrected chi connectivity index (χ4v) is 3.49. The van der Waals surface area contributed by atoms with Crippen LogP contribution >= 0.6 is 35.5 Å². The van der Waals surface area contributed by atoms with Gasteiger partial charge in [0.05, 0.1) is 15.6 Å². The lowest BCUT2D eigenvalue weighted by atomic mass is 10.3. The zero-order chi connectivity index (χ0) is 12.9. The number of aromatic hydroxyl groups is 1. The fraction of sp³-hybridized carbons (Fsp3) is 0.100. The van der Waals surface area contributed by atoms with Gasteiger partial charge in [-0.05, 0) is 6.26 Å². The summed E-state index contributed by atoms with van der Waals surface area (Å²) in [5.41, 5.74) is 5.83. The molecule has 0 saturated heterocycles. The van der Waals surface area contributed by atoms with Crippen LogP contribution in [0, 0.1) is 0 Å². The van der Waals surface area contributed by atoms with Gasteiger partial charge in [0, 0.05) is 6.07 Å². The van der Waals surface area contributed by atoms with E-state index < -0.39 is 0 Å². The van der Waals surface area contributed by atoms with E-state index in [0.717, 1.165) is 11.5 Å². The summed E-state index contributed by atoms with van der Waals surface area (Å²) in [7, 11) is 0. The first-order valence-corrected chi connectivity index (χ1v) is 7.00. The number of aromatic amines is 1. The highest BCUT2D eigenvalue weighted by molar-refractivity contribution is 7.98. The molecule has 0 spiro atoms. The molecule has 0 saturated carbocycles. The molecule has 0 atom stereocenters. The second kappa shape index (κ2) is 4.87. The van der Waals surface area contributed by atoms with Crippen molar-refractivity contribution in [3.05, 3.63) is 16.4 Å². The maximum absolute atomic E-state index is 11.4. The Morgan fingerprint density at radius 1 is 1.47 bits per heavy atom. The van der Waals surface area contributed by atoms with E-state index in [0.29, 0.717) is 20.1 Å².